The molecule has 0 radical (unpaired) electrons. The van der Waals surface area contributed by atoms with Crippen molar-refractivity contribution in [3.63, 3.8) is 0 Å². The van der Waals surface area contributed by atoms with Crippen LogP contribution in [0.4, 0.5) is 0 Å². The molecule has 0 saturated carbocycles. The molecule has 1 atom stereocenters. The molecule has 0 spiro atoms. The van der Waals surface area contributed by atoms with Crippen LogP contribution in [-0.2, 0) is 28.6 Å². The SMILES string of the molecule is CC/C=C\C/C=C\C/C=C\C/C=C\CCCCCCC(=O)OC(COC(=O)CCCCCCCC/C=C\C/C=C\C/C=C\CCCCC)COC(=O)CCCCCCCCCCCCCCCC. The Hall–Kier alpha value is -3.41. The lowest BCUT2D eigenvalue weighted by molar-refractivity contribution is -0.167. The Bertz CT molecular complexity index is 1320. The maximum Gasteiger partial charge on any atom is 0.306 e. The highest BCUT2D eigenvalue weighted by molar-refractivity contribution is 5.71. The van der Waals surface area contributed by atoms with Gasteiger partial charge in [0.05, 0.1) is 0 Å². The van der Waals surface area contributed by atoms with E-state index in [1.165, 1.54) is 116 Å². The Morgan fingerprint density at radius 3 is 0.926 bits per heavy atom. The molecule has 0 aromatic heterocycles. The van der Waals surface area contributed by atoms with Crippen LogP contribution >= 0.6 is 0 Å². The maximum atomic E-state index is 12.8. The third-order valence-corrected chi connectivity index (χ3v) is 12.1. The number of esters is 3. The lowest BCUT2D eigenvalue weighted by Gasteiger charge is -2.18. The summed E-state index contributed by atoms with van der Waals surface area (Å²) in [5.41, 5.74) is 0. The summed E-state index contributed by atoms with van der Waals surface area (Å²) in [6.07, 6.45) is 72.8. The average Bonchev–Trinajstić information content (AvgIpc) is 3.34. The standard InChI is InChI=1S/C62H106O6/c1-4-7-10-13-16-19-22-25-28-30-31-33-34-37-40-43-46-49-52-55-61(64)67-58-59(57-66-60(63)54-51-48-45-42-39-36-27-24-21-18-15-12-9-6-3)68-62(65)56-53-50-47-44-41-38-35-32-29-26-23-20-17-14-11-8-5-2/h8,11,16-17,19-20,25-26,28-29,31,33,35,38,59H,4-7,9-10,12-15,18,21-24,27,30,32,34,36-37,39-58H2,1-3H3/b11-8-,19-16-,20-17-,28-25-,29-26-,33-31-,38-35-. The number of rotatable bonds is 51. The van der Waals surface area contributed by atoms with Crippen LogP contribution in [0.1, 0.15) is 271 Å². The lowest BCUT2D eigenvalue weighted by atomic mass is 10.0. The molecule has 0 fully saturated rings. The Balaban J connectivity index is 4.44. The minimum atomic E-state index is -0.794. The van der Waals surface area contributed by atoms with E-state index in [0.29, 0.717) is 19.3 Å². The Kier molecular flexibility index (Phi) is 53.4. The van der Waals surface area contributed by atoms with Gasteiger partial charge in [-0.15, -0.1) is 0 Å². The highest BCUT2D eigenvalue weighted by atomic mass is 16.6. The smallest absolute Gasteiger partial charge is 0.306 e. The molecule has 0 aliphatic heterocycles. The second kappa shape index (κ2) is 56.2. The molecule has 0 amide bonds. The van der Waals surface area contributed by atoms with Crippen molar-refractivity contribution in [3.05, 3.63) is 85.1 Å². The molecule has 390 valence electrons. The van der Waals surface area contributed by atoms with Crippen LogP contribution in [0.15, 0.2) is 85.1 Å². The summed E-state index contributed by atoms with van der Waals surface area (Å²) in [6.45, 7) is 6.48. The first kappa shape index (κ1) is 64.6. The van der Waals surface area contributed by atoms with E-state index < -0.39 is 6.10 Å². The fourth-order valence-corrected chi connectivity index (χ4v) is 7.85. The van der Waals surface area contributed by atoms with Crippen LogP contribution in [0.2, 0.25) is 0 Å². The third-order valence-electron chi connectivity index (χ3n) is 12.1. The van der Waals surface area contributed by atoms with E-state index in [2.05, 4.69) is 106 Å². The van der Waals surface area contributed by atoms with Gasteiger partial charge in [0, 0.05) is 19.3 Å². The molecule has 0 aliphatic rings. The van der Waals surface area contributed by atoms with Crippen LogP contribution in [0.25, 0.3) is 0 Å². The van der Waals surface area contributed by atoms with Crippen molar-refractivity contribution in [3.8, 4) is 0 Å². The van der Waals surface area contributed by atoms with E-state index >= 15 is 0 Å². The molecule has 0 aromatic rings. The summed E-state index contributed by atoms with van der Waals surface area (Å²) < 4.78 is 16.8. The molecular weight excluding hydrogens is 841 g/mol. The molecule has 1 unspecified atom stereocenters. The highest BCUT2D eigenvalue weighted by Gasteiger charge is 2.19. The van der Waals surface area contributed by atoms with E-state index in [1.807, 2.05) is 0 Å². The number of allylic oxidation sites excluding steroid dienone is 14. The summed E-state index contributed by atoms with van der Waals surface area (Å²) in [7, 11) is 0. The van der Waals surface area contributed by atoms with E-state index in [1.54, 1.807) is 0 Å². The Labute approximate surface area is 420 Å². The molecular formula is C62H106O6. The van der Waals surface area contributed by atoms with Gasteiger partial charge in [-0.2, -0.15) is 0 Å². The fraction of sp³-hybridized carbons (Fsp3) is 0.726. The number of ether oxygens (including phenoxy) is 3. The zero-order valence-corrected chi connectivity index (χ0v) is 44.6. The van der Waals surface area contributed by atoms with Crippen LogP contribution in [0.3, 0.4) is 0 Å². The first-order valence-electron chi connectivity index (χ1n) is 28.6. The molecule has 68 heavy (non-hydrogen) atoms. The minimum Gasteiger partial charge on any atom is -0.462 e. The molecule has 0 aromatic carbocycles. The van der Waals surface area contributed by atoms with Gasteiger partial charge < -0.3 is 14.2 Å². The van der Waals surface area contributed by atoms with Gasteiger partial charge in [-0.25, -0.2) is 0 Å². The van der Waals surface area contributed by atoms with Gasteiger partial charge in [0.15, 0.2) is 6.10 Å². The molecule has 0 heterocycles. The molecule has 0 aliphatic carbocycles. The van der Waals surface area contributed by atoms with Gasteiger partial charge >= 0.3 is 17.9 Å². The number of unbranched alkanes of at least 4 members (excludes halogenated alkanes) is 26. The second-order valence-electron chi connectivity index (χ2n) is 18.8. The predicted molar refractivity (Wildman–Crippen MR) is 293 cm³/mol. The molecule has 6 heteroatoms. The minimum absolute atomic E-state index is 0.0892. The van der Waals surface area contributed by atoms with Gasteiger partial charge in [-0.1, -0.05) is 241 Å². The van der Waals surface area contributed by atoms with Crippen molar-refractivity contribution in [2.24, 2.45) is 0 Å². The maximum absolute atomic E-state index is 12.8. The van der Waals surface area contributed by atoms with Crippen LogP contribution < -0.4 is 0 Å². The Morgan fingerprint density at radius 1 is 0.309 bits per heavy atom. The van der Waals surface area contributed by atoms with Crippen LogP contribution in [0, 0.1) is 0 Å². The zero-order chi connectivity index (χ0) is 49.3. The van der Waals surface area contributed by atoms with E-state index in [4.69, 9.17) is 14.2 Å². The summed E-state index contributed by atoms with van der Waals surface area (Å²) in [4.78, 5) is 38.2. The van der Waals surface area contributed by atoms with E-state index in [-0.39, 0.29) is 31.1 Å². The van der Waals surface area contributed by atoms with Crippen LogP contribution in [0.5, 0.6) is 0 Å². The molecule has 0 bridgehead atoms. The van der Waals surface area contributed by atoms with Gasteiger partial charge in [-0.3, -0.25) is 14.4 Å². The average molecular weight is 948 g/mol. The van der Waals surface area contributed by atoms with E-state index in [0.717, 1.165) is 116 Å². The summed E-state index contributed by atoms with van der Waals surface area (Å²) >= 11 is 0. The van der Waals surface area contributed by atoms with Crippen molar-refractivity contribution < 1.29 is 28.6 Å². The second-order valence-corrected chi connectivity index (χ2v) is 18.8. The topological polar surface area (TPSA) is 78.9 Å². The first-order chi connectivity index (χ1) is 33.5. The number of hydrogen-bond donors (Lipinski definition) is 0. The largest absolute Gasteiger partial charge is 0.462 e. The number of hydrogen-bond acceptors (Lipinski definition) is 6. The summed E-state index contributed by atoms with van der Waals surface area (Å²) in [5.74, 6) is -0.920. The number of carbonyl (C=O) groups excluding carboxylic acids is 3. The fourth-order valence-electron chi connectivity index (χ4n) is 7.85. The Morgan fingerprint density at radius 2 is 0.574 bits per heavy atom. The highest BCUT2D eigenvalue weighted by Crippen LogP contribution is 2.15. The van der Waals surface area contributed by atoms with E-state index in [9.17, 15) is 14.4 Å². The quantitative estimate of drug-likeness (QED) is 0.0262. The molecule has 6 nitrogen and oxygen atoms in total. The van der Waals surface area contributed by atoms with Gasteiger partial charge in [-0.05, 0) is 96.3 Å². The normalized spacial score (nSPS) is 12.7. The van der Waals surface area contributed by atoms with Crippen molar-refractivity contribution in [1.29, 1.82) is 0 Å². The summed E-state index contributed by atoms with van der Waals surface area (Å²) in [6, 6.07) is 0. The first-order valence-corrected chi connectivity index (χ1v) is 28.6. The predicted octanol–water partition coefficient (Wildman–Crippen LogP) is 19.2. The third kappa shape index (κ3) is 53.5. The molecule has 0 saturated heterocycles. The van der Waals surface area contributed by atoms with Crippen molar-refractivity contribution in [2.45, 2.75) is 277 Å². The van der Waals surface area contributed by atoms with Crippen molar-refractivity contribution in [1.82, 2.24) is 0 Å². The lowest BCUT2D eigenvalue weighted by Crippen LogP contribution is -2.30. The zero-order valence-electron chi connectivity index (χ0n) is 44.6. The van der Waals surface area contributed by atoms with Crippen LogP contribution in [-0.4, -0.2) is 37.2 Å². The van der Waals surface area contributed by atoms with Gasteiger partial charge in [0.2, 0.25) is 0 Å². The van der Waals surface area contributed by atoms with Crippen molar-refractivity contribution in [2.75, 3.05) is 13.2 Å². The summed E-state index contributed by atoms with van der Waals surface area (Å²) in [5, 5.41) is 0. The van der Waals surface area contributed by atoms with Gasteiger partial charge in [0.25, 0.3) is 0 Å². The van der Waals surface area contributed by atoms with Gasteiger partial charge in [0.1, 0.15) is 13.2 Å². The number of carbonyl (C=O) groups is 3. The molecule has 0 N–H and O–H groups in total. The molecule has 0 rings (SSSR count). The monoisotopic (exact) mass is 947 g/mol. The van der Waals surface area contributed by atoms with Crippen molar-refractivity contribution >= 4 is 17.9 Å².